The Morgan fingerprint density at radius 1 is 1.38 bits per heavy atom. The Morgan fingerprint density at radius 2 is 1.94 bits per heavy atom. The third-order valence-electron chi connectivity index (χ3n) is 4.12. The molecule has 2 N–H and O–H groups in total. The van der Waals surface area contributed by atoms with Gasteiger partial charge in [-0.1, -0.05) is 33.6 Å². The van der Waals surface area contributed by atoms with Gasteiger partial charge in [-0.25, -0.2) is 0 Å². The topological polar surface area (TPSA) is 49.3 Å². The molecule has 0 radical (unpaired) electrons. The van der Waals surface area contributed by atoms with Gasteiger partial charge in [0.05, 0.1) is 6.61 Å². The molecule has 0 aromatic rings. The smallest absolute Gasteiger partial charge is 0.225 e. The Balaban J connectivity index is 2.47. The lowest BCUT2D eigenvalue weighted by Crippen LogP contribution is -2.43. The molecule has 3 nitrogen and oxygen atoms in total. The second-order valence-electron chi connectivity index (χ2n) is 5.79. The summed E-state index contributed by atoms with van der Waals surface area (Å²) in [5.41, 5.74) is -0.339. The third kappa shape index (κ3) is 2.97. The van der Waals surface area contributed by atoms with Crippen LogP contribution in [0, 0.1) is 10.8 Å². The van der Waals surface area contributed by atoms with Crippen LogP contribution >= 0.6 is 0 Å². The van der Waals surface area contributed by atoms with E-state index in [4.69, 9.17) is 0 Å². The van der Waals surface area contributed by atoms with Gasteiger partial charge < -0.3 is 10.4 Å². The fraction of sp³-hybridized carbons (Fsp3) is 0.923. The molecule has 1 rings (SSSR count). The van der Waals surface area contributed by atoms with Crippen LogP contribution in [0.1, 0.15) is 52.9 Å². The van der Waals surface area contributed by atoms with E-state index in [9.17, 15) is 9.90 Å². The molecule has 0 aliphatic heterocycles. The van der Waals surface area contributed by atoms with E-state index in [1.54, 1.807) is 0 Å². The molecule has 1 saturated carbocycles. The van der Waals surface area contributed by atoms with Crippen molar-refractivity contribution in [2.24, 2.45) is 10.8 Å². The van der Waals surface area contributed by atoms with Gasteiger partial charge in [-0.05, 0) is 19.3 Å². The van der Waals surface area contributed by atoms with Crippen LogP contribution in [0.4, 0.5) is 0 Å². The molecule has 1 aliphatic carbocycles. The van der Waals surface area contributed by atoms with Crippen LogP contribution in [0.5, 0.6) is 0 Å². The first-order valence-corrected chi connectivity index (χ1v) is 6.35. The Labute approximate surface area is 98.6 Å². The zero-order valence-electron chi connectivity index (χ0n) is 10.8. The number of carbonyl (C=O) groups is 1. The number of carbonyl (C=O) groups excluding carboxylic acids is 1. The molecule has 94 valence electrons. The maximum atomic E-state index is 11.9. The van der Waals surface area contributed by atoms with Crippen molar-refractivity contribution < 1.29 is 9.90 Å². The number of rotatable bonds is 5. The van der Waals surface area contributed by atoms with Crippen LogP contribution in [0.3, 0.4) is 0 Å². The summed E-state index contributed by atoms with van der Waals surface area (Å²) in [6.45, 7) is 6.77. The monoisotopic (exact) mass is 227 g/mol. The molecule has 0 unspecified atom stereocenters. The molecule has 0 aromatic heterocycles. The Kier molecular flexibility index (Phi) is 4.36. The van der Waals surface area contributed by atoms with Crippen molar-refractivity contribution in [3.8, 4) is 0 Å². The van der Waals surface area contributed by atoms with E-state index in [0.717, 1.165) is 19.3 Å². The highest BCUT2D eigenvalue weighted by atomic mass is 16.3. The van der Waals surface area contributed by atoms with E-state index in [1.807, 2.05) is 20.8 Å². The summed E-state index contributed by atoms with van der Waals surface area (Å²) in [4.78, 5) is 11.9. The molecule has 1 amide bonds. The lowest BCUT2D eigenvalue weighted by Gasteiger charge is -2.29. The van der Waals surface area contributed by atoms with Crippen molar-refractivity contribution in [1.29, 1.82) is 0 Å². The summed E-state index contributed by atoms with van der Waals surface area (Å²) in [6, 6.07) is 0. The first-order valence-electron chi connectivity index (χ1n) is 6.35. The molecule has 3 heteroatoms. The van der Waals surface area contributed by atoms with Crippen LogP contribution in [0.15, 0.2) is 0 Å². The summed E-state index contributed by atoms with van der Waals surface area (Å²) in [5, 5.41) is 12.4. The molecule has 0 heterocycles. The van der Waals surface area contributed by atoms with Gasteiger partial charge in [0.1, 0.15) is 0 Å². The molecule has 1 aliphatic rings. The van der Waals surface area contributed by atoms with Gasteiger partial charge >= 0.3 is 0 Å². The van der Waals surface area contributed by atoms with E-state index >= 15 is 0 Å². The molecular formula is C13H25NO2. The number of hydrogen-bond acceptors (Lipinski definition) is 2. The third-order valence-corrected chi connectivity index (χ3v) is 4.12. The molecule has 16 heavy (non-hydrogen) atoms. The number of nitrogens with one attached hydrogen (secondary N) is 1. The summed E-state index contributed by atoms with van der Waals surface area (Å²) in [6.07, 6.45) is 5.26. The molecule has 0 spiro atoms. The van der Waals surface area contributed by atoms with Crippen molar-refractivity contribution in [2.75, 3.05) is 13.2 Å². The average Bonchev–Trinajstić information content (AvgIpc) is 2.75. The van der Waals surface area contributed by atoms with Crippen molar-refractivity contribution >= 4 is 5.91 Å². The summed E-state index contributed by atoms with van der Waals surface area (Å²) >= 11 is 0. The zero-order chi connectivity index (χ0) is 12.2. The lowest BCUT2D eigenvalue weighted by atomic mass is 9.85. The fourth-order valence-electron chi connectivity index (χ4n) is 2.18. The van der Waals surface area contributed by atoms with Crippen LogP contribution in [0.2, 0.25) is 0 Å². The molecule has 0 saturated heterocycles. The van der Waals surface area contributed by atoms with Crippen molar-refractivity contribution in [1.82, 2.24) is 5.32 Å². The number of aliphatic hydroxyl groups is 1. The number of aliphatic hydroxyl groups excluding tert-OH is 1. The number of hydrogen-bond donors (Lipinski definition) is 2. The van der Waals surface area contributed by atoms with E-state index in [1.165, 1.54) is 12.8 Å². The van der Waals surface area contributed by atoms with Crippen LogP contribution in [-0.2, 0) is 4.79 Å². The first kappa shape index (κ1) is 13.5. The van der Waals surface area contributed by atoms with Gasteiger partial charge in [-0.15, -0.1) is 0 Å². The molecule has 1 fully saturated rings. The molecule has 0 bridgehead atoms. The van der Waals surface area contributed by atoms with E-state index in [-0.39, 0.29) is 23.3 Å². The highest BCUT2D eigenvalue weighted by molar-refractivity contribution is 5.81. The van der Waals surface area contributed by atoms with Crippen LogP contribution in [0.25, 0.3) is 0 Å². The largest absolute Gasteiger partial charge is 0.396 e. The van der Waals surface area contributed by atoms with Crippen molar-refractivity contribution in [2.45, 2.75) is 52.9 Å². The van der Waals surface area contributed by atoms with Gasteiger partial charge in [0, 0.05) is 17.4 Å². The second kappa shape index (κ2) is 5.17. The van der Waals surface area contributed by atoms with E-state index < -0.39 is 0 Å². The maximum absolute atomic E-state index is 11.9. The Bertz CT molecular complexity index is 242. The predicted octanol–water partition coefficient (Wildman–Crippen LogP) is 2.09. The normalized spacial score (nSPS) is 19.8. The van der Waals surface area contributed by atoms with Gasteiger partial charge in [0.2, 0.25) is 5.91 Å². The van der Waals surface area contributed by atoms with Crippen LogP contribution < -0.4 is 5.32 Å². The van der Waals surface area contributed by atoms with Crippen molar-refractivity contribution in [3.05, 3.63) is 0 Å². The second-order valence-corrected chi connectivity index (χ2v) is 5.79. The minimum absolute atomic E-state index is 0.0422. The van der Waals surface area contributed by atoms with Crippen LogP contribution in [-0.4, -0.2) is 24.2 Å². The summed E-state index contributed by atoms with van der Waals surface area (Å²) in [7, 11) is 0. The summed E-state index contributed by atoms with van der Waals surface area (Å²) in [5.74, 6) is 0.106. The quantitative estimate of drug-likeness (QED) is 0.755. The lowest BCUT2D eigenvalue weighted by molar-refractivity contribution is -0.130. The first-order chi connectivity index (χ1) is 7.46. The Morgan fingerprint density at radius 3 is 2.38 bits per heavy atom. The van der Waals surface area contributed by atoms with Crippen molar-refractivity contribution in [3.63, 3.8) is 0 Å². The molecule has 0 atom stereocenters. The zero-order valence-corrected chi connectivity index (χ0v) is 10.8. The highest BCUT2D eigenvalue weighted by Crippen LogP contribution is 2.37. The van der Waals surface area contributed by atoms with Gasteiger partial charge in [0.25, 0.3) is 0 Å². The molecule has 0 aromatic carbocycles. The number of amides is 1. The van der Waals surface area contributed by atoms with E-state index in [0.29, 0.717) is 6.54 Å². The average molecular weight is 227 g/mol. The SMILES string of the molecule is CCC(C)(C)C(=O)NCC1(CO)CCCC1. The maximum Gasteiger partial charge on any atom is 0.225 e. The fourth-order valence-corrected chi connectivity index (χ4v) is 2.18. The minimum atomic E-state index is -0.296. The predicted molar refractivity (Wildman–Crippen MR) is 65.1 cm³/mol. The van der Waals surface area contributed by atoms with Gasteiger partial charge in [0.15, 0.2) is 0 Å². The minimum Gasteiger partial charge on any atom is -0.396 e. The van der Waals surface area contributed by atoms with Gasteiger partial charge in [-0.2, -0.15) is 0 Å². The molecular weight excluding hydrogens is 202 g/mol. The standard InChI is InChI=1S/C13H25NO2/c1-4-12(2,3)11(16)14-9-13(10-15)7-5-6-8-13/h15H,4-10H2,1-3H3,(H,14,16). The van der Waals surface area contributed by atoms with E-state index in [2.05, 4.69) is 5.32 Å². The Hall–Kier alpha value is -0.570. The summed E-state index contributed by atoms with van der Waals surface area (Å²) < 4.78 is 0. The van der Waals surface area contributed by atoms with Gasteiger partial charge in [-0.3, -0.25) is 4.79 Å². The highest BCUT2D eigenvalue weighted by Gasteiger charge is 2.35.